The van der Waals surface area contributed by atoms with Gasteiger partial charge < -0.3 is 20.7 Å². The molecular weight excluding hydrogens is 658 g/mol. The minimum Gasteiger partial charge on any atom is -0.496 e. The summed E-state index contributed by atoms with van der Waals surface area (Å²) in [6, 6.07) is 29.9. The minimum absolute atomic E-state index is 0.0492. The third-order valence-corrected chi connectivity index (χ3v) is 8.26. The maximum absolute atomic E-state index is 14.4. The van der Waals surface area contributed by atoms with E-state index in [1.807, 2.05) is 5.32 Å². The number of rotatable bonds is 11. The second kappa shape index (κ2) is 15.8. The van der Waals surface area contributed by atoms with Gasteiger partial charge in [-0.2, -0.15) is 0 Å². The summed E-state index contributed by atoms with van der Waals surface area (Å²) in [7, 11) is 1.48. The van der Waals surface area contributed by atoms with E-state index in [1.165, 1.54) is 13.2 Å². The van der Waals surface area contributed by atoms with Crippen molar-refractivity contribution < 1.29 is 36.7 Å². The van der Waals surface area contributed by atoms with Crippen molar-refractivity contribution in [2.45, 2.75) is 10.1 Å². The van der Waals surface area contributed by atoms with E-state index in [0.29, 0.717) is 27.3 Å². The van der Waals surface area contributed by atoms with Gasteiger partial charge in [-0.15, -0.1) is 11.8 Å². The molecule has 0 aromatic heterocycles. The molecule has 0 fully saturated rings. The van der Waals surface area contributed by atoms with Crippen molar-refractivity contribution in [2.75, 3.05) is 17.7 Å². The Morgan fingerprint density at radius 1 is 0.735 bits per heavy atom. The Morgan fingerprint density at radius 3 is 2.04 bits per heavy atom. The standard InChI is InChI=1S/C37H27F4N3O4S/c1-48-30-18-9-8-15-24(30)19-29(43-35(45)23-13-6-3-7-14-23)36(46)42-25-16-10-17-26(20-25)49-34(22-11-4-2-5-12-22)37(47)44-33-31(40)27(38)21-28(39)32(33)41/h2-21,34H,1H3,(H,42,46)(H,43,45)(H,44,47)/b29-19+. The van der Waals surface area contributed by atoms with Gasteiger partial charge in [0.25, 0.3) is 11.8 Å². The number of benzene rings is 5. The van der Waals surface area contributed by atoms with Gasteiger partial charge in [0, 0.05) is 27.8 Å². The van der Waals surface area contributed by atoms with Gasteiger partial charge in [0.15, 0.2) is 23.3 Å². The minimum atomic E-state index is -1.75. The fourth-order valence-electron chi connectivity index (χ4n) is 4.64. The molecule has 49 heavy (non-hydrogen) atoms. The lowest BCUT2D eigenvalue weighted by Gasteiger charge is -2.18. The molecule has 0 spiro atoms. The van der Waals surface area contributed by atoms with E-state index in [2.05, 4.69) is 10.6 Å². The van der Waals surface area contributed by atoms with Crippen LogP contribution < -0.4 is 20.7 Å². The van der Waals surface area contributed by atoms with Crippen molar-refractivity contribution in [3.8, 4) is 5.75 Å². The molecule has 12 heteroatoms. The van der Waals surface area contributed by atoms with Gasteiger partial charge in [0.05, 0.1) is 7.11 Å². The summed E-state index contributed by atoms with van der Waals surface area (Å²) in [5.74, 6) is -8.51. The highest BCUT2D eigenvalue weighted by Crippen LogP contribution is 2.38. The number of ether oxygens (including phenoxy) is 1. The molecule has 5 aromatic rings. The van der Waals surface area contributed by atoms with Crippen LogP contribution in [0, 0.1) is 23.3 Å². The molecule has 0 bridgehead atoms. The van der Waals surface area contributed by atoms with Crippen molar-refractivity contribution in [1.29, 1.82) is 0 Å². The number of methoxy groups -OCH3 is 1. The van der Waals surface area contributed by atoms with Gasteiger partial charge in [-0.1, -0.05) is 72.8 Å². The molecule has 0 heterocycles. The molecule has 7 nitrogen and oxygen atoms in total. The van der Waals surface area contributed by atoms with E-state index < -0.39 is 51.9 Å². The molecule has 3 amide bonds. The number of amides is 3. The molecule has 1 atom stereocenters. The second-order valence-electron chi connectivity index (χ2n) is 10.3. The van der Waals surface area contributed by atoms with Gasteiger partial charge in [-0.05, 0) is 48.0 Å². The molecule has 0 aliphatic rings. The Kier molecular flexibility index (Phi) is 11.1. The van der Waals surface area contributed by atoms with Gasteiger partial charge in [-0.25, -0.2) is 17.6 Å². The Balaban J connectivity index is 1.42. The Bertz CT molecular complexity index is 2000. The van der Waals surface area contributed by atoms with Crippen molar-refractivity contribution in [3.05, 3.63) is 161 Å². The van der Waals surface area contributed by atoms with Crippen LogP contribution in [0.3, 0.4) is 0 Å². The SMILES string of the molecule is COc1ccccc1/C=C(/NC(=O)c1ccccc1)C(=O)Nc1cccc(SC(C(=O)Nc2c(F)c(F)cc(F)c2F)c2ccccc2)c1. The maximum atomic E-state index is 14.4. The smallest absolute Gasteiger partial charge is 0.272 e. The number of anilines is 2. The normalized spacial score (nSPS) is 11.7. The summed E-state index contributed by atoms with van der Waals surface area (Å²) in [6.45, 7) is 0. The molecule has 0 saturated carbocycles. The largest absolute Gasteiger partial charge is 0.496 e. The molecule has 248 valence electrons. The first-order valence-corrected chi connectivity index (χ1v) is 15.5. The first-order chi connectivity index (χ1) is 23.6. The first-order valence-electron chi connectivity index (χ1n) is 14.6. The summed E-state index contributed by atoms with van der Waals surface area (Å²) in [4.78, 5) is 40.5. The maximum Gasteiger partial charge on any atom is 0.272 e. The third-order valence-electron chi connectivity index (χ3n) is 7.01. The van der Waals surface area contributed by atoms with E-state index in [4.69, 9.17) is 4.74 Å². The zero-order valence-corrected chi connectivity index (χ0v) is 26.5. The number of hydrogen-bond acceptors (Lipinski definition) is 5. The van der Waals surface area contributed by atoms with Crippen LogP contribution in [0.2, 0.25) is 0 Å². The van der Waals surface area contributed by atoms with Crippen LogP contribution in [-0.4, -0.2) is 24.8 Å². The predicted molar refractivity (Wildman–Crippen MR) is 180 cm³/mol. The van der Waals surface area contributed by atoms with Crippen molar-refractivity contribution in [3.63, 3.8) is 0 Å². The van der Waals surface area contributed by atoms with Crippen molar-refractivity contribution >= 4 is 46.9 Å². The van der Waals surface area contributed by atoms with Gasteiger partial charge in [-0.3, -0.25) is 14.4 Å². The van der Waals surface area contributed by atoms with Crippen LogP contribution in [0.1, 0.15) is 26.7 Å². The number of hydrogen-bond donors (Lipinski definition) is 3. The summed E-state index contributed by atoms with van der Waals surface area (Å²) in [5, 5.41) is 6.24. The zero-order valence-electron chi connectivity index (χ0n) is 25.7. The number of thioether (sulfide) groups is 1. The highest BCUT2D eigenvalue weighted by Gasteiger charge is 2.27. The summed E-state index contributed by atoms with van der Waals surface area (Å²) >= 11 is 0.958. The van der Waals surface area contributed by atoms with Crippen LogP contribution in [0.5, 0.6) is 5.75 Å². The Hall–Kier alpha value is -5.88. The number of para-hydroxylation sites is 1. The fourth-order valence-corrected chi connectivity index (χ4v) is 5.72. The third kappa shape index (κ3) is 8.54. The van der Waals surface area contributed by atoms with E-state index in [0.717, 1.165) is 11.8 Å². The molecule has 5 aromatic carbocycles. The molecule has 0 saturated heterocycles. The monoisotopic (exact) mass is 685 g/mol. The topological polar surface area (TPSA) is 96.5 Å². The van der Waals surface area contributed by atoms with Gasteiger partial charge in [0.2, 0.25) is 5.91 Å². The molecule has 0 radical (unpaired) electrons. The molecular formula is C37H27F4N3O4S. The van der Waals surface area contributed by atoms with E-state index in [-0.39, 0.29) is 17.5 Å². The van der Waals surface area contributed by atoms with Crippen LogP contribution in [0.15, 0.2) is 126 Å². The lowest BCUT2D eigenvalue weighted by molar-refractivity contribution is -0.116. The fraction of sp³-hybridized carbons (Fsp3) is 0.0541. The average molecular weight is 686 g/mol. The van der Waals surface area contributed by atoms with Crippen LogP contribution in [0.4, 0.5) is 28.9 Å². The molecule has 5 rings (SSSR count). The number of carbonyl (C=O) groups excluding carboxylic acids is 3. The summed E-state index contributed by atoms with van der Waals surface area (Å²) in [5.41, 5.74) is 0.205. The van der Waals surface area contributed by atoms with E-state index in [9.17, 15) is 31.9 Å². The number of nitrogens with one attached hydrogen (secondary N) is 3. The van der Waals surface area contributed by atoms with Crippen molar-refractivity contribution in [2.24, 2.45) is 0 Å². The lowest BCUT2D eigenvalue weighted by atomic mass is 10.1. The Labute approximate surface area is 283 Å². The molecule has 1 unspecified atom stereocenters. The van der Waals surface area contributed by atoms with Gasteiger partial charge in [0.1, 0.15) is 22.4 Å². The highest BCUT2D eigenvalue weighted by atomic mass is 32.2. The van der Waals surface area contributed by atoms with E-state index >= 15 is 0 Å². The summed E-state index contributed by atoms with van der Waals surface area (Å²) < 4.78 is 61.9. The van der Waals surface area contributed by atoms with E-state index in [1.54, 1.807) is 109 Å². The molecule has 0 aliphatic carbocycles. The lowest BCUT2D eigenvalue weighted by Crippen LogP contribution is -2.30. The van der Waals surface area contributed by atoms with Gasteiger partial charge >= 0.3 is 0 Å². The predicted octanol–water partition coefficient (Wildman–Crippen LogP) is 8.13. The molecule has 3 N–H and O–H groups in total. The first kappa shape index (κ1) is 34.5. The van der Waals surface area contributed by atoms with Crippen molar-refractivity contribution in [1.82, 2.24) is 5.32 Å². The molecule has 0 aliphatic heterocycles. The quantitative estimate of drug-likeness (QED) is 0.0565. The van der Waals surface area contributed by atoms with Crippen LogP contribution >= 0.6 is 11.8 Å². The highest BCUT2D eigenvalue weighted by molar-refractivity contribution is 8.00. The zero-order chi connectivity index (χ0) is 34.9. The summed E-state index contributed by atoms with van der Waals surface area (Å²) in [6.07, 6.45) is 1.47. The average Bonchev–Trinajstić information content (AvgIpc) is 3.12. The van der Waals surface area contributed by atoms with Crippen LogP contribution in [-0.2, 0) is 9.59 Å². The Morgan fingerprint density at radius 2 is 1.37 bits per heavy atom. The van der Waals surface area contributed by atoms with Crippen LogP contribution in [0.25, 0.3) is 6.08 Å². The second-order valence-corrected chi connectivity index (χ2v) is 11.5. The number of halogens is 4. The number of carbonyl (C=O) groups is 3.